The predicted octanol–water partition coefficient (Wildman–Crippen LogP) is 3.09. The summed E-state index contributed by atoms with van der Waals surface area (Å²) >= 11 is 0. The molecule has 1 aliphatic carbocycles. The number of pyridine rings is 1. The zero-order valence-corrected chi connectivity index (χ0v) is 8.51. The van der Waals surface area contributed by atoms with Crippen LogP contribution in [0.25, 0.3) is 0 Å². The van der Waals surface area contributed by atoms with Gasteiger partial charge in [0.25, 0.3) is 0 Å². The van der Waals surface area contributed by atoms with Crippen molar-refractivity contribution >= 4 is 0 Å². The van der Waals surface area contributed by atoms with Gasteiger partial charge < -0.3 is 0 Å². The van der Waals surface area contributed by atoms with Crippen LogP contribution < -0.4 is 0 Å². The minimum Gasteiger partial charge on any atom is -0.264 e. The molecule has 0 radical (unpaired) electrons. The van der Waals surface area contributed by atoms with Crippen LogP contribution in [-0.2, 0) is 11.8 Å². The molecule has 0 aromatic carbocycles. The zero-order chi connectivity index (χ0) is 9.31. The summed E-state index contributed by atoms with van der Waals surface area (Å²) in [6.07, 6.45) is 9.11. The van der Waals surface area contributed by atoms with E-state index in [9.17, 15) is 0 Å². The first-order chi connectivity index (χ1) is 6.26. The summed E-state index contributed by atoms with van der Waals surface area (Å²) in [5.74, 6) is 0. The Morgan fingerprint density at radius 2 is 2.38 bits per heavy atom. The molecule has 0 fully saturated rings. The Hall–Kier alpha value is -0.850. The second-order valence-corrected chi connectivity index (χ2v) is 4.30. The molecule has 0 amide bonds. The average Bonchev–Trinajstić information content (AvgIpc) is 2.19. The van der Waals surface area contributed by atoms with Crippen LogP contribution in [0.1, 0.15) is 44.2 Å². The summed E-state index contributed by atoms with van der Waals surface area (Å²) in [6, 6.07) is 2.18. The number of hydrogen-bond acceptors (Lipinski definition) is 1. The third kappa shape index (κ3) is 1.37. The van der Waals surface area contributed by atoms with Crippen LogP contribution in [0.5, 0.6) is 0 Å². The fourth-order valence-corrected chi connectivity index (χ4v) is 2.36. The highest BCUT2D eigenvalue weighted by Crippen LogP contribution is 2.38. The summed E-state index contributed by atoms with van der Waals surface area (Å²) in [5, 5.41) is 0. The van der Waals surface area contributed by atoms with Crippen molar-refractivity contribution in [1.82, 2.24) is 4.98 Å². The van der Waals surface area contributed by atoms with E-state index in [0.29, 0.717) is 5.41 Å². The SMILES string of the molecule is CCC1(C)CCCc2ccncc21. The highest BCUT2D eigenvalue weighted by molar-refractivity contribution is 5.33. The number of aryl methyl sites for hydroxylation is 1. The number of hydrogen-bond donors (Lipinski definition) is 0. The van der Waals surface area contributed by atoms with Gasteiger partial charge in [-0.1, -0.05) is 13.8 Å². The third-order valence-corrected chi connectivity index (χ3v) is 3.52. The first kappa shape index (κ1) is 8.74. The molecule has 70 valence electrons. The molecular formula is C12H17N. The highest BCUT2D eigenvalue weighted by atomic mass is 14.6. The topological polar surface area (TPSA) is 12.9 Å². The number of aromatic nitrogens is 1. The zero-order valence-electron chi connectivity index (χ0n) is 8.51. The van der Waals surface area contributed by atoms with Gasteiger partial charge in [-0.25, -0.2) is 0 Å². The van der Waals surface area contributed by atoms with E-state index >= 15 is 0 Å². The average molecular weight is 175 g/mol. The van der Waals surface area contributed by atoms with Gasteiger partial charge in [0.05, 0.1) is 0 Å². The highest BCUT2D eigenvalue weighted by Gasteiger charge is 2.29. The van der Waals surface area contributed by atoms with Crippen molar-refractivity contribution in [3.05, 3.63) is 29.6 Å². The minimum atomic E-state index is 0.391. The van der Waals surface area contributed by atoms with E-state index in [2.05, 4.69) is 31.1 Å². The lowest BCUT2D eigenvalue weighted by Gasteiger charge is -2.34. The summed E-state index contributed by atoms with van der Waals surface area (Å²) in [6.45, 7) is 4.65. The van der Waals surface area contributed by atoms with Gasteiger partial charge in [0.2, 0.25) is 0 Å². The van der Waals surface area contributed by atoms with Gasteiger partial charge in [0, 0.05) is 12.4 Å². The first-order valence-electron chi connectivity index (χ1n) is 5.19. The molecule has 0 aliphatic heterocycles. The maximum atomic E-state index is 4.24. The van der Waals surface area contributed by atoms with Gasteiger partial charge in [0.1, 0.15) is 0 Å². The summed E-state index contributed by atoms with van der Waals surface area (Å²) in [7, 11) is 0. The van der Waals surface area contributed by atoms with Crippen LogP contribution in [0.2, 0.25) is 0 Å². The molecule has 2 rings (SSSR count). The van der Waals surface area contributed by atoms with Crippen molar-refractivity contribution in [2.24, 2.45) is 0 Å². The van der Waals surface area contributed by atoms with Crippen LogP contribution in [0.3, 0.4) is 0 Å². The maximum Gasteiger partial charge on any atom is 0.0308 e. The lowest BCUT2D eigenvalue weighted by atomic mass is 9.70. The van der Waals surface area contributed by atoms with E-state index in [4.69, 9.17) is 0 Å². The molecule has 1 aliphatic rings. The Bertz CT molecular complexity index is 306. The van der Waals surface area contributed by atoms with E-state index in [1.807, 2.05) is 6.20 Å². The van der Waals surface area contributed by atoms with Gasteiger partial charge in [-0.2, -0.15) is 0 Å². The van der Waals surface area contributed by atoms with Crippen molar-refractivity contribution in [3.63, 3.8) is 0 Å². The first-order valence-corrected chi connectivity index (χ1v) is 5.19. The molecule has 0 saturated heterocycles. The molecule has 1 atom stereocenters. The molecule has 1 aromatic rings. The molecule has 1 unspecified atom stereocenters. The Balaban J connectivity index is 2.48. The Morgan fingerprint density at radius 1 is 1.54 bits per heavy atom. The van der Waals surface area contributed by atoms with Crippen molar-refractivity contribution in [2.45, 2.75) is 44.9 Å². The van der Waals surface area contributed by atoms with Crippen LogP contribution in [0.15, 0.2) is 18.5 Å². The molecule has 0 N–H and O–H groups in total. The van der Waals surface area contributed by atoms with Crippen LogP contribution >= 0.6 is 0 Å². The van der Waals surface area contributed by atoms with Crippen LogP contribution in [0, 0.1) is 0 Å². The van der Waals surface area contributed by atoms with E-state index in [-0.39, 0.29) is 0 Å². The van der Waals surface area contributed by atoms with Gasteiger partial charge in [-0.15, -0.1) is 0 Å². The molecule has 1 aromatic heterocycles. The van der Waals surface area contributed by atoms with Crippen molar-refractivity contribution < 1.29 is 0 Å². The van der Waals surface area contributed by atoms with Gasteiger partial charge in [0.15, 0.2) is 0 Å². The lowest BCUT2D eigenvalue weighted by molar-refractivity contribution is 0.380. The number of rotatable bonds is 1. The normalized spacial score (nSPS) is 26.9. The van der Waals surface area contributed by atoms with Crippen molar-refractivity contribution in [1.29, 1.82) is 0 Å². The molecule has 0 spiro atoms. The smallest absolute Gasteiger partial charge is 0.0308 e. The Morgan fingerprint density at radius 3 is 3.15 bits per heavy atom. The van der Waals surface area contributed by atoms with Gasteiger partial charge >= 0.3 is 0 Å². The lowest BCUT2D eigenvalue weighted by Crippen LogP contribution is -2.26. The fourth-order valence-electron chi connectivity index (χ4n) is 2.36. The largest absolute Gasteiger partial charge is 0.264 e. The maximum absolute atomic E-state index is 4.24. The van der Waals surface area contributed by atoms with E-state index in [0.717, 1.165) is 0 Å². The van der Waals surface area contributed by atoms with Crippen molar-refractivity contribution in [2.75, 3.05) is 0 Å². The second-order valence-electron chi connectivity index (χ2n) is 4.30. The summed E-state index contributed by atoms with van der Waals surface area (Å²) < 4.78 is 0. The van der Waals surface area contributed by atoms with E-state index in [1.54, 1.807) is 0 Å². The fraction of sp³-hybridized carbons (Fsp3) is 0.583. The molecule has 1 heteroatoms. The standard InChI is InChI=1S/C12H17N/c1-3-12(2)7-4-5-10-6-8-13-9-11(10)12/h6,8-9H,3-5,7H2,1-2H3. The second kappa shape index (κ2) is 3.13. The van der Waals surface area contributed by atoms with E-state index in [1.165, 1.54) is 36.8 Å². The van der Waals surface area contributed by atoms with Gasteiger partial charge in [-0.3, -0.25) is 4.98 Å². The molecular weight excluding hydrogens is 158 g/mol. The molecule has 0 saturated carbocycles. The molecule has 1 heterocycles. The molecule has 0 bridgehead atoms. The Labute approximate surface area is 80.2 Å². The molecule has 13 heavy (non-hydrogen) atoms. The number of fused-ring (bicyclic) bond motifs is 1. The van der Waals surface area contributed by atoms with Gasteiger partial charge in [-0.05, 0) is 48.3 Å². The summed E-state index contributed by atoms with van der Waals surface area (Å²) in [4.78, 5) is 4.24. The Kier molecular flexibility index (Phi) is 2.10. The third-order valence-electron chi connectivity index (χ3n) is 3.52. The van der Waals surface area contributed by atoms with Crippen molar-refractivity contribution in [3.8, 4) is 0 Å². The van der Waals surface area contributed by atoms with Crippen LogP contribution in [0.4, 0.5) is 0 Å². The quantitative estimate of drug-likeness (QED) is 0.639. The minimum absolute atomic E-state index is 0.391. The monoisotopic (exact) mass is 175 g/mol. The van der Waals surface area contributed by atoms with Crippen LogP contribution in [-0.4, -0.2) is 4.98 Å². The van der Waals surface area contributed by atoms with E-state index < -0.39 is 0 Å². The predicted molar refractivity (Wildman–Crippen MR) is 54.8 cm³/mol. The molecule has 1 nitrogen and oxygen atoms in total. The summed E-state index contributed by atoms with van der Waals surface area (Å²) in [5.41, 5.74) is 3.40. The number of nitrogens with zero attached hydrogens (tertiary/aromatic N) is 1.